The summed E-state index contributed by atoms with van der Waals surface area (Å²) in [6.45, 7) is 1.36. The molecule has 0 fully saturated rings. The lowest BCUT2D eigenvalue weighted by Gasteiger charge is -2.15. The third-order valence-electron chi connectivity index (χ3n) is 3.48. The van der Waals surface area contributed by atoms with Crippen LogP contribution in [0.5, 0.6) is 11.5 Å². The molecule has 0 N–H and O–H groups in total. The molecule has 0 saturated carbocycles. The average Bonchev–Trinajstić information content (AvgIpc) is 2.85. The quantitative estimate of drug-likeness (QED) is 0.797. The molecule has 2 aromatic rings. The second kappa shape index (κ2) is 6.37. The van der Waals surface area contributed by atoms with Crippen molar-refractivity contribution < 1.29 is 24.2 Å². The zero-order valence-corrected chi connectivity index (χ0v) is 13.4. The molecule has 2 aromatic carbocycles. The van der Waals surface area contributed by atoms with Crippen LogP contribution >= 0.6 is 11.6 Å². The lowest BCUT2D eigenvalue weighted by molar-refractivity contribution is -0.312. The molecular formula is C18H12ClO5-. The molecule has 0 spiro atoms. The Morgan fingerprint density at radius 1 is 1.29 bits per heavy atom. The van der Waals surface area contributed by atoms with E-state index in [1.807, 2.05) is 0 Å². The van der Waals surface area contributed by atoms with Crippen LogP contribution in [0.15, 0.2) is 48.2 Å². The minimum absolute atomic E-state index is 0.142. The predicted octanol–water partition coefficient (Wildman–Crippen LogP) is 2.47. The molecule has 1 heterocycles. The van der Waals surface area contributed by atoms with Gasteiger partial charge < -0.3 is 19.4 Å². The molecule has 0 radical (unpaired) electrons. The first kappa shape index (κ1) is 16.1. The zero-order chi connectivity index (χ0) is 17.3. The smallest absolute Gasteiger partial charge is 0.231 e. The highest BCUT2D eigenvalue weighted by Gasteiger charge is 2.28. The summed E-state index contributed by atoms with van der Waals surface area (Å²) >= 11 is 6.08. The maximum atomic E-state index is 12.4. The van der Waals surface area contributed by atoms with E-state index >= 15 is 0 Å². The highest BCUT2D eigenvalue weighted by Crippen LogP contribution is 2.35. The molecule has 6 heteroatoms. The zero-order valence-electron chi connectivity index (χ0n) is 12.6. The van der Waals surface area contributed by atoms with E-state index in [0.29, 0.717) is 21.9 Å². The highest BCUT2D eigenvalue weighted by atomic mass is 35.5. The minimum atomic E-state index is -1.33. The van der Waals surface area contributed by atoms with Gasteiger partial charge in [0.25, 0.3) is 0 Å². The Labute approximate surface area is 143 Å². The fraction of sp³-hybridized carbons (Fsp3) is 0.111. The highest BCUT2D eigenvalue weighted by molar-refractivity contribution is 6.32. The Kier molecular flexibility index (Phi) is 4.27. The van der Waals surface area contributed by atoms with Crippen molar-refractivity contribution in [2.45, 2.75) is 13.0 Å². The number of carboxylic acid groups (broad SMARTS) is 1. The van der Waals surface area contributed by atoms with Crippen molar-refractivity contribution in [2.75, 3.05) is 0 Å². The van der Waals surface area contributed by atoms with E-state index in [-0.39, 0.29) is 17.3 Å². The summed E-state index contributed by atoms with van der Waals surface area (Å²) in [5.41, 5.74) is 1.04. The maximum Gasteiger partial charge on any atom is 0.231 e. The van der Waals surface area contributed by atoms with Crippen molar-refractivity contribution in [2.24, 2.45) is 0 Å². The topological polar surface area (TPSA) is 75.7 Å². The lowest BCUT2D eigenvalue weighted by Crippen LogP contribution is -2.37. The Morgan fingerprint density at radius 3 is 2.75 bits per heavy atom. The number of fused-ring (bicyclic) bond motifs is 1. The van der Waals surface area contributed by atoms with Crippen molar-refractivity contribution in [1.29, 1.82) is 0 Å². The number of ether oxygens (including phenoxy) is 2. The summed E-state index contributed by atoms with van der Waals surface area (Å²) in [6.07, 6.45) is 0.452. The summed E-state index contributed by atoms with van der Waals surface area (Å²) in [7, 11) is 0. The molecule has 0 aromatic heterocycles. The average molecular weight is 344 g/mol. The molecule has 0 amide bonds. The molecule has 24 heavy (non-hydrogen) atoms. The summed E-state index contributed by atoms with van der Waals surface area (Å²) in [6, 6.07) is 11.6. The molecule has 1 aliphatic rings. The Bertz CT molecular complexity index is 856. The minimum Gasteiger partial charge on any atom is -0.546 e. The Hall–Kier alpha value is -2.79. The molecule has 0 bridgehead atoms. The predicted molar refractivity (Wildman–Crippen MR) is 85.9 cm³/mol. The number of carbonyl (C=O) groups excluding carboxylic acids is 2. The number of rotatable bonds is 4. The van der Waals surface area contributed by atoms with Gasteiger partial charge in [0.1, 0.15) is 17.6 Å². The molecule has 0 saturated heterocycles. The van der Waals surface area contributed by atoms with E-state index in [0.717, 1.165) is 0 Å². The van der Waals surface area contributed by atoms with Crippen LogP contribution in [0, 0.1) is 0 Å². The number of allylic oxidation sites excluding steroid dienone is 1. The van der Waals surface area contributed by atoms with Crippen LogP contribution in [-0.4, -0.2) is 17.9 Å². The molecule has 3 rings (SSSR count). The third-order valence-corrected chi connectivity index (χ3v) is 3.82. The molecule has 0 aliphatic carbocycles. The number of halogens is 1. The van der Waals surface area contributed by atoms with Crippen LogP contribution in [0.4, 0.5) is 0 Å². The van der Waals surface area contributed by atoms with Crippen LogP contribution in [0.2, 0.25) is 5.02 Å². The third kappa shape index (κ3) is 3.12. The van der Waals surface area contributed by atoms with Crippen LogP contribution < -0.4 is 14.6 Å². The van der Waals surface area contributed by atoms with Gasteiger partial charge in [-0.25, -0.2) is 0 Å². The SMILES string of the molecule is C[C@H](Oc1ccc2c(c1)O/C(=C\c1ccccc1Cl)C2=O)C(=O)[O-]. The van der Waals surface area contributed by atoms with Crippen molar-refractivity contribution in [3.63, 3.8) is 0 Å². The van der Waals surface area contributed by atoms with Crippen molar-refractivity contribution in [3.05, 3.63) is 64.4 Å². The van der Waals surface area contributed by atoms with Gasteiger partial charge in [0, 0.05) is 11.1 Å². The van der Waals surface area contributed by atoms with E-state index in [9.17, 15) is 14.7 Å². The first-order valence-corrected chi connectivity index (χ1v) is 7.54. The van der Waals surface area contributed by atoms with Crippen molar-refractivity contribution in [3.8, 4) is 11.5 Å². The molecule has 1 aliphatic heterocycles. The Morgan fingerprint density at radius 2 is 2.04 bits per heavy atom. The van der Waals surface area contributed by atoms with Gasteiger partial charge in [-0.3, -0.25) is 4.79 Å². The number of benzene rings is 2. The van der Waals surface area contributed by atoms with E-state index in [4.69, 9.17) is 21.1 Å². The van der Waals surface area contributed by atoms with Crippen LogP contribution in [0.25, 0.3) is 6.08 Å². The number of carbonyl (C=O) groups is 2. The second-order valence-electron chi connectivity index (χ2n) is 5.20. The standard InChI is InChI=1S/C18H13ClO5/c1-10(18(21)22)23-12-6-7-13-15(9-12)24-16(17(13)20)8-11-4-2-3-5-14(11)19/h2-10H,1H3,(H,21,22)/p-1/b16-8-/t10-/m0/s1. The first-order chi connectivity index (χ1) is 11.5. The summed E-state index contributed by atoms with van der Waals surface area (Å²) in [5.74, 6) is -0.877. The number of ketones is 1. The number of hydrogen-bond acceptors (Lipinski definition) is 5. The summed E-state index contributed by atoms with van der Waals surface area (Å²) < 4.78 is 10.8. The van der Waals surface area contributed by atoms with Gasteiger partial charge in [-0.2, -0.15) is 0 Å². The fourth-order valence-electron chi connectivity index (χ4n) is 2.23. The fourth-order valence-corrected chi connectivity index (χ4v) is 2.42. The maximum absolute atomic E-state index is 12.4. The lowest BCUT2D eigenvalue weighted by atomic mass is 10.1. The van der Waals surface area contributed by atoms with Crippen LogP contribution in [0.3, 0.4) is 0 Å². The van der Waals surface area contributed by atoms with Crippen LogP contribution in [-0.2, 0) is 4.79 Å². The molecule has 1 atom stereocenters. The second-order valence-corrected chi connectivity index (χ2v) is 5.61. The van der Waals surface area contributed by atoms with Gasteiger partial charge in [-0.15, -0.1) is 0 Å². The van der Waals surface area contributed by atoms with Crippen molar-refractivity contribution >= 4 is 29.4 Å². The van der Waals surface area contributed by atoms with E-state index in [2.05, 4.69) is 0 Å². The summed E-state index contributed by atoms with van der Waals surface area (Å²) in [5, 5.41) is 11.2. The number of hydrogen-bond donors (Lipinski definition) is 0. The Balaban J connectivity index is 1.88. The summed E-state index contributed by atoms with van der Waals surface area (Å²) in [4.78, 5) is 23.1. The monoisotopic (exact) mass is 343 g/mol. The first-order valence-electron chi connectivity index (χ1n) is 7.16. The molecule has 5 nitrogen and oxygen atoms in total. The molecular weight excluding hydrogens is 332 g/mol. The largest absolute Gasteiger partial charge is 0.546 e. The van der Waals surface area contributed by atoms with E-state index < -0.39 is 12.1 Å². The molecule has 122 valence electrons. The van der Waals surface area contributed by atoms with Crippen molar-refractivity contribution in [1.82, 2.24) is 0 Å². The van der Waals surface area contributed by atoms with Gasteiger partial charge in [-0.05, 0) is 36.8 Å². The van der Waals surface area contributed by atoms with Gasteiger partial charge in [-0.1, -0.05) is 29.8 Å². The van der Waals surface area contributed by atoms with E-state index in [1.165, 1.54) is 25.1 Å². The number of Topliss-reactive ketones (excluding diaryl/α,β-unsaturated/α-hetero) is 1. The van der Waals surface area contributed by atoms with Gasteiger partial charge in [0.15, 0.2) is 5.76 Å². The van der Waals surface area contributed by atoms with Gasteiger partial charge >= 0.3 is 0 Å². The van der Waals surface area contributed by atoms with E-state index in [1.54, 1.807) is 30.3 Å². The van der Waals surface area contributed by atoms with Crippen LogP contribution in [0.1, 0.15) is 22.8 Å². The number of carboxylic acids is 1. The normalized spacial score (nSPS) is 15.8. The molecule has 0 unspecified atom stereocenters. The van der Waals surface area contributed by atoms with Gasteiger partial charge in [0.2, 0.25) is 5.78 Å². The van der Waals surface area contributed by atoms with Gasteiger partial charge in [0.05, 0.1) is 11.5 Å². The number of aliphatic carboxylic acids is 1.